The van der Waals surface area contributed by atoms with E-state index in [0.717, 1.165) is 12.3 Å². The highest BCUT2D eigenvalue weighted by molar-refractivity contribution is 5.32. The molecule has 1 aromatic rings. The fourth-order valence-corrected chi connectivity index (χ4v) is 3.12. The standard InChI is InChI=1S/C15H22N2/c1-17-9-3-6-14(16)15(17)13-5-2-4-12(10-13)11-7-8-11/h2,4-5,10-11,14-15H,3,6-9,16H2,1H3. The number of hydrogen-bond acceptors (Lipinski definition) is 2. The lowest BCUT2D eigenvalue weighted by atomic mass is 9.90. The second kappa shape index (κ2) is 4.43. The van der Waals surface area contributed by atoms with Gasteiger partial charge in [0, 0.05) is 12.1 Å². The molecule has 3 rings (SSSR count). The van der Waals surface area contributed by atoms with Crippen LogP contribution >= 0.6 is 0 Å². The Morgan fingerprint density at radius 3 is 2.65 bits per heavy atom. The smallest absolute Gasteiger partial charge is 0.0496 e. The summed E-state index contributed by atoms with van der Waals surface area (Å²) in [5.41, 5.74) is 9.24. The van der Waals surface area contributed by atoms with Crippen LogP contribution in [0.25, 0.3) is 0 Å². The molecule has 0 radical (unpaired) electrons. The second-order valence-corrected chi connectivity index (χ2v) is 5.68. The molecule has 2 unspecified atom stereocenters. The molecule has 2 N–H and O–H groups in total. The van der Waals surface area contributed by atoms with E-state index in [4.69, 9.17) is 5.73 Å². The van der Waals surface area contributed by atoms with Crippen molar-refractivity contribution in [2.75, 3.05) is 13.6 Å². The van der Waals surface area contributed by atoms with Crippen LogP contribution in [0.4, 0.5) is 0 Å². The van der Waals surface area contributed by atoms with Crippen LogP contribution in [0.3, 0.4) is 0 Å². The van der Waals surface area contributed by atoms with Crippen molar-refractivity contribution in [3.63, 3.8) is 0 Å². The van der Waals surface area contributed by atoms with Gasteiger partial charge in [0.1, 0.15) is 0 Å². The van der Waals surface area contributed by atoms with Crippen molar-refractivity contribution in [1.29, 1.82) is 0 Å². The van der Waals surface area contributed by atoms with E-state index in [1.165, 1.54) is 36.9 Å². The Morgan fingerprint density at radius 2 is 1.94 bits per heavy atom. The van der Waals surface area contributed by atoms with Crippen LogP contribution in [-0.4, -0.2) is 24.5 Å². The summed E-state index contributed by atoms with van der Waals surface area (Å²) in [5.74, 6) is 0.833. The summed E-state index contributed by atoms with van der Waals surface area (Å²) in [6, 6.07) is 9.83. The molecule has 92 valence electrons. The Bertz CT molecular complexity index is 388. The number of likely N-dealkylation sites (tertiary alicyclic amines) is 1. The molecule has 0 spiro atoms. The molecule has 2 heteroatoms. The fraction of sp³-hybridized carbons (Fsp3) is 0.600. The minimum atomic E-state index is 0.295. The Labute approximate surface area is 104 Å². The molecule has 2 aliphatic rings. The first-order valence-electron chi connectivity index (χ1n) is 6.81. The zero-order chi connectivity index (χ0) is 11.8. The van der Waals surface area contributed by atoms with Crippen LogP contribution in [0.5, 0.6) is 0 Å². The molecule has 2 fully saturated rings. The summed E-state index contributed by atoms with van der Waals surface area (Å²) < 4.78 is 0. The number of benzene rings is 1. The zero-order valence-corrected chi connectivity index (χ0v) is 10.6. The molecular formula is C15H22N2. The van der Waals surface area contributed by atoms with Gasteiger partial charge in [-0.15, -0.1) is 0 Å². The van der Waals surface area contributed by atoms with E-state index in [1.807, 2.05) is 0 Å². The zero-order valence-electron chi connectivity index (χ0n) is 10.6. The summed E-state index contributed by atoms with van der Waals surface area (Å²) in [4.78, 5) is 2.42. The second-order valence-electron chi connectivity index (χ2n) is 5.68. The lowest BCUT2D eigenvalue weighted by Gasteiger charge is -2.37. The quantitative estimate of drug-likeness (QED) is 0.846. The number of rotatable bonds is 2. The van der Waals surface area contributed by atoms with Crippen molar-refractivity contribution in [2.24, 2.45) is 5.73 Å². The summed E-state index contributed by atoms with van der Waals surface area (Å²) in [6.45, 7) is 1.17. The van der Waals surface area contributed by atoms with Crippen molar-refractivity contribution in [2.45, 2.75) is 43.7 Å². The number of nitrogens with two attached hydrogens (primary N) is 1. The van der Waals surface area contributed by atoms with Crippen LogP contribution in [0.2, 0.25) is 0 Å². The summed E-state index contributed by atoms with van der Waals surface area (Å²) in [7, 11) is 2.20. The lowest BCUT2D eigenvalue weighted by Crippen LogP contribution is -2.43. The number of likely N-dealkylation sites (N-methyl/N-ethyl adjacent to an activating group) is 1. The van der Waals surface area contributed by atoms with E-state index < -0.39 is 0 Å². The molecule has 2 atom stereocenters. The van der Waals surface area contributed by atoms with Crippen molar-refractivity contribution in [3.05, 3.63) is 35.4 Å². The molecule has 0 bridgehead atoms. The van der Waals surface area contributed by atoms with Gasteiger partial charge in [-0.2, -0.15) is 0 Å². The molecule has 17 heavy (non-hydrogen) atoms. The molecular weight excluding hydrogens is 208 g/mol. The fourth-order valence-electron chi connectivity index (χ4n) is 3.12. The lowest BCUT2D eigenvalue weighted by molar-refractivity contribution is 0.163. The summed E-state index contributed by atoms with van der Waals surface area (Å²) in [6.07, 6.45) is 5.13. The molecule has 1 heterocycles. The maximum atomic E-state index is 6.30. The molecule has 1 saturated carbocycles. The Kier molecular flexibility index (Phi) is 2.93. The Morgan fingerprint density at radius 1 is 1.18 bits per heavy atom. The normalized spacial score (nSPS) is 30.5. The van der Waals surface area contributed by atoms with E-state index >= 15 is 0 Å². The van der Waals surface area contributed by atoms with Gasteiger partial charge >= 0.3 is 0 Å². The molecule has 1 aliphatic heterocycles. The van der Waals surface area contributed by atoms with Crippen LogP contribution in [0.15, 0.2) is 24.3 Å². The van der Waals surface area contributed by atoms with Gasteiger partial charge in [-0.1, -0.05) is 24.3 Å². The van der Waals surface area contributed by atoms with Crippen LogP contribution in [-0.2, 0) is 0 Å². The molecule has 0 amide bonds. The predicted octanol–water partition coefficient (Wildman–Crippen LogP) is 2.66. The molecule has 1 aliphatic carbocycles. The Balaban J connectivity index is 1.88. The highest BCUT2D eigenvalue weighted by Gasteiger charge is 2.29. The summed E-state index contributed by atoms with van der Waals surface area (Å²) in [5, 5.41) is 0. The minimum Gasteiger partial charge on any atom is -0.326 e. The maximum Gasteiger partial charge on any atom is 0.0496 e. The van der Waals surface area contributed by atoms with Gasteiger partial charge < -0.3 is 5.73 Å². The van der Waals surface area contributed by atoms with E-state index in [9.17, 15) is 0 Å². The highest BCUT2D eigenvalue weighted by Crippen LogP contribution is 2.41. The largest absolute Gasteiger partial charge is 0.326 e. The molecule has 1 saturated heterocycles. The molecule has 1 aromatic carbocycles. The SMILES string of the molecule is CN1CCCC(N)C1c1cccc(C2CC2)c1. The average Bonchev–Trinajstić information content (AvgIpc) is 3.13. The Hall–Kier alpha value is -0.860. The third-order valence-corrected chi connectivity index (χ3v) is 4.23. The van der Waals surface area contributed by atoms with E-state index in [2.05, 4.69) is 36.2 Å². The van der Waals surface area contributed by atoms with Gasteiger partial charge in [-0.25, -0.2) is 0 Å². The van der Waals surface area contributed by atoms with Crippen LogP contribution in [0.1, 0.15) is 48.8 Å². The van der Waals surface area contributed by atoms with E-state index in [-0.39, 0.29) is 0 Å². The topological polar surface area (TPSA) is 29.3 Å². The van der Waals surface area contributed by atoms with Crippen molar-refractivity contribution < 1.29 is 0 Å². The van der Waals surface area contributed by atoms with Crippen LogP contribution < -0.4 is 5.73 Å². The van der Waals surface area contributed by atoms with E-state index in [1.54, 1.807) is 0 Å². The highest BCUT2D eigenvalue weighted by atomic mass is 15.2. The van der Waals surface area contributed by atoms with Gasteiger partial charge in [0.05, 0.1) is 0 Å². The number of hydrogen-bond donors (Lipinski definition) is 1. The van der Waals surface area contributed by atoms with Gasteiger partial charge in [0.15, 0.2) is 0 Å². The third kappa shape index (κ3) is 2.24. The minimum absolute atomic E-state index is 0.295. The predicted molar refractivity (Wildman–Crippen MR) is 71.0 cm³/mol. The van der Waals surface area contributed by atoms with Crippen molar-refractivity contribution in [1.82, 2.24) is 4.90 Å². The van der Waals surface area contributed by atoms with Gasteiger partial charge in [0.2, 0.25) is 0 Å². The summed E-state index contributed by atoms with van der Waals surface area (Å²) >= 11 is 0. The molecule has 0 aromatic heterocycles. The van der Waals surface area contributed by atoms with E-state index in [0.29, 0.717) is 12.1 Å². The van der Waals surface area contributed by atoms with Crippen molar-refractivity contribution in [3.8, 4) is 0 Å². The van der Waals surface area contributed by atoms with Crippen molar-refractivity contribution >= 4 is 0 Å². The van der Waals surface area contributed by atoms with Gasteiger partial charge in [-0.05, 0) is 56.3 Å². The van der Waals surface area contributed by atoms with Gasteiger partial charge in [0.25, 0.3) is 0 Å². The van der Waals surface area contributed by atoms with Gasteiger partial charge in [-0.3, -0.25) is 4.90 Å². The average molecular weight is 230 g/mol. The number of piperidine rings is 1. The first kappa shape index (κ1) is 11.2. The third-order valence-electron chi connectivity index (χ3n) is 4.23. The first-order valence-corrected chi connectivity index (χ1v) is 6.81. The first-order chi connectivity index (χ1) is 8.25. The monoisotopic (exact) mass is 230 g/mol. The van der Waals surface area contributed by atoms with Crippen LogP contribution in [0, 0.1) is 0 Å². The molecule has 2 nitrogen and oxygen atoms in total. The number of nitrogens with zero attached hydrogens (tertiary/aromatic N) is 1. The maximum absolute atomic E-state index is 6.30.